The lowest BCUT2D eigenvalue weighted by Crippen LogP contribution is -2.28. The summed E-state index contributed by atoms with van der Waals surface area (Å²) >= 11 is 0. The van der Waals surface area contributed by atoms with Crippen molar-refractivity contribution in [3.05, 3.63) is 0 Å². The predicted octanol–water partition coefficient (Wildman–Crippen LogP) is 1.75. The van der Waals surface area contributed by atoms with Gasteiger partial charge >= 0.3 is 11.9 Å². The first-order valence-electron chi connectivity index (χ1n) is 3.54. The van der Waals surface area contributed by atoms with E-state index in [4.69, 9.17) is 5.11 Å². The molecule has 2 nitrogen and oxygen atoms in total. The van der Waals surface area contributed by atoms with Gasteiger partial charge in [-0.05, 0) is 18.3 Å². The van der Waals surface area contributed by atoms with E-state index in [1.165, 1.54) is 0 Å². The molecule has 0 spiro atoms. The summed E-state index contributed by atoms with van der Waals surface area (Å²) in [6.07, 6.45) is 0.242. The molecule has 2 atom stereocenters. The van der Waals surface area contributed by atoms with E-state index in [9.17, 15) is 13.6 Å². The van der Waals surface area contributed by atoms with Gasteiger partial charge in [-0.3, -0.25) is 0 Å². The minimum Gasteiger partial charge on any atom is -0.477 e. The normalized spacial score (nSPS) is 30.1. The van der Waals surface area contributed by atoms with Crippen molar-refractivity contribution in [3.8, 4) is 0 Å². The highest BCUT2D eigenvalue weighted by Gasteiger charge is 2.47. The van der Waals surface area contributed by atoms with E-state index in [1.807, 2.05) is 6.92 Å². The molecule has 1 rings (SSSR count). The average Bonchev–Trinajstić information content (AvgIpc) is 2.45. The van der Waals surface area contributed by atoms with Gasteiger partial charge in [0.1, 0.15) is 0 Å². The Morgan fingerprint density at radius 3 is 2.45 bits per heavy atom. The van der Waals surface area contributed by atoms with Crippen LogP contribution in [0, 0.1) is 11.8 Å². The van der Waals surface area contributed by atoms with Crippen molar-refractivity contribution in [1.82, 2.24) is 0 Å². The topological polar surface area (TPSA) is 37.3 Å². The van der Waals surface area contributed by atoms with Crippen LogP contribution in [0.1, 0.15) is 19.8 Å². The van der Waals surface area contributed by atoms with E-state index >= 15 is 0 Å². The number of rotatable bonds is 3. The maximum atomic E-state index is 12.4. The minimum absolute atomic E-state index is 0.0823. The Kier molecular flexibility index (Phi) is 1.86. The highest BCUT2D eigenvalue weighted by atomic mass is 19.3. The number of alkyl halides is 2. The maximum Gasteiger partial charge on any atom is 0.374 e. The second-order valence-corrected chi connectivity index (χ2v) is 3.19. The Bertz CT molecular complexity index is 179. The van der Waals surface area contributed by atoms with Crippen LogP contribution < -0.4 is 0 Å². The van der Waals surface area contributed by atoms with Crippen LogP contribution in [0.2, 0.25) is 0 Å². The quantitative estimate of drug-likeness (QED) is 0.689. The van der Waals surface area contributed by atoms with Crippen LogP contribution in [0.3, 0.4) is 0 Å². The summed E-state index contributed by atoms with van der Waals surface area (Å²) in [6, 6.07) is 0. The van der Waals surface area contributed by atoms with Crippen molar-refractivity contribution in [2.45, 2.75) is 25.7 Å². The van der Waals surface area contributed by atoms with E-state index in [-0.39, 0.29) is 11.8 Å². The highest BCUT2D eigenvalue weighted by molar-refractivity contribution is 5.75. The van der Waals surface area contributed by atoms with Crippen molar-refractivity contribution in [3.63, 3.8) is 0 Å². The lowest BCUT2D eigenvalue weighted by Gasteiger charge is -2.09. The maximum absolute atomic E-state index is 12.4. The Morgan fingerprint density at radius 2 is 2.18 bits per heavy atom. The summed E-state index contributed by atoms with van der Waals surface area (Å²) in [4.78, 5) is 9.94. The lowest BCUT2D eigenvalue weighted by atomic mass is 10.1. The molecule has 1 saturated carbocycles. The van der Waals surface area contributed by atoms with Crippen molar-refractivity contribution in [1.29, 1.82) is 0 Å². The van der Waals surface area contributed by atoms with Crippen LogP contribution in [-0.4, -0.2) is 17.0 Å². The molecule has 0 aromatic carbocycles. The summed E-state index contributed by atoms with van der Waals surface area (Å²) in [5.41, 5.74) is 0. The fraction of sp³-hybridized carbons (Fsp3) is 0.857. The number of hydrogen-bond donors (Lipinski definition) is 1. The average molecular weight is 164 g/mol. The van der Waals surface area contributed by atoms with E-state index in [1.54, 1.807) is 0 Å². The molecule has 0 amide bonds. The third kappa shape index (κ3) is 1.88. The molecule has 0 aromatic heterocycles. The van der Waals surface area contributed by atoms with Gasteiger partial charge in [-0.15, -0.1) is 0 Å². The number of hydrogen-bond acceptors (Lipinski definition) is 1. The first-order chi connectivity index (χ1) is 4.93. The minimum atomic E-state index is -3.52. The van der Waals surface area contributed by atoms with Crippen LogP contribution in [0.5, 0.6) is 0 Å². The smallest absolute Gasteiger partial charge is 0.374 e. The van der Waals surface area contributed by atoms with Gasteiger partial charge in [-0.25, -0.2) is 4.79 Å². The molecular weight excluding hydrogens is 154 g/mol. The van der Waals surface area contributed by atoms with Crippen molar-refractivity contribution >= 4 is 5.97 Å². The van der Waals surface area contributed by atoms with Crippen LogP contribution in [0.4, 0.5) is 8.78 Å². The monoisotopic (exact) mass is 164 g/mol. The molecule has 0 aliphatic heterocycles. The zero-order valence-corrected chi connectivity index (χ0v) is 6.18. The molecule has 0 radical (unpaired) electrons. The second kappa shape index (κ2) is 2.43. The summed E-state index contributed by atoms with van der Waals surface area (Å²) < 4.78 is 24.8. The summed E-state index contributed by atoms with van der Waals surface area (Å²) in [7, 11) is 0. The highest BCUT2D eigenvalue weighted by Crippen LogP contribution is 2.44. The van der Waals surface area contributed by atoms with Crippen LogP contribution in [0.25, 0.3) is 0 Å². The molecule has 11 heavy (non-hydrogen) atoms. The number of carbonyl (C=O) groups is 1. The molecule has 64 valence electrons. The number of carboxylic acids is 1. The van der Waals surface area contributed by atoms with E-state index in [0.717, 1.165) is 6.42 Å². The third-order valence-corrected chi connectivity index (χ3v) is 2.11. The van der Waals surface area contributed by atoms with Gasteiger partial charge in [0, 0.05) is 6.42 Å². The molecule has 2 unspecified atom stereocenters. The van der Waals surface area contributed by atoms with Gasteiger partial charge < -0.3 is 5.11 Å². The van der Waals surface area contributed by atoms with Crippen molar-refractivity contribution in [2.24, 2.45) is 11.8 Å². The Hall–Kier alpha value is -0.670. The van der Waals surface area contributed by atoms with Gasteiger partial charge in [-0.2, -0.15) is 8.78 Å². The summed E-state index contributed by atoms with van der Waals surface area (Å²) in [5.74, 6) is -5.33. The second-order valence-electron chi connectivity index (χ2n) is 3.19. The summed E-state index contributed by atoms with van der Waals surface area (Å²) in [5, 5.41) is 8.05. The zero-order chi connectivity index (χ0) is 8.65. The van der Waals surface area contributed by atoms with Gasteiger partial charge in [0.25, 0.3) is 0 Å². The van der Waals surface area contributed by atoms with E-state index in [0.29, 0.717) is 0 Å². The van der Waals surface area contributed by atoms with Crippen LogP contribution in [0.15, 0.2) is 0 Å². The molecule has 1 fully saturated rings. The molecule has 4 heteroatoms. The summed E-state index contributed by atoms with van der Waals surface area (Å²) in [6.45, 7) is 1.85. The first kappa shape index (κ1) is 8.43. The van der Waals surface area contributed by atoms with Crippen LogP contribution in [-0.2, 0) is 4.79 Å². The molecule has 0 saturated heterocycles. The SMILES string of the molecule is CC1CC1CC(F)(F)C(=O)O. The molecule has 1 aliphatic carbocycles. The molecule has 0 heterocycles. The van der Waals surface area contributed by atoms with E-state index < -0.39 is 18.3 Å². The standard InChI is InChI=1S/C7H10F2O2/c1-4-2-5(4)3-7(8,9)6(10)11/h4-5H,2-3H2,1H3,(H,10,11). The third-order valence-electron chi connectivity index (χ3n) is 2.11. The number of halogens is 2. The molecular formula is C7H10F2O2. The van der Waals surface area contributed by atoms with Gasteiger partial charge in [0.2, 0.25) is 0 Å². The van der Waals surface area contributed by atoms with Gasteiger partial charge in [0.15, 0.2) is 0 Å². The Morgan fingerprint density at radius 1 is 1.73 bits per heavy atom. The lowest BCUT2D eigenvalue weighted by molar-refractivity contribution is -0.166. The van der Waals surface area contributed by atoms with Crippen molar-refractivity contribution < 1.29 is 18.7 Å². The van der Waals surface area contributed by atoms with Crippen LogP contribution >= 0.6 is 0 Å². The zero-order valence-electron chi connectivity index (χ0n) is 6.18. The Balaban J connectivity index is 2.40. The fourth-order valence-electron chi connectivity index (χ4n) is 1.10. The molecule has 0 bridgehead atoms. The largest absolute Gasteiger partial charge is 0.477 e. The van der Waals surface area contributed by atoms with E-state index in [2.05, 4.69) is 0 Å². The van der Waals surface area contributed by atoms with Gasteiger partial charge in [0.05, 0.1) is 0 Å². The fourth-order valence-corrected chi connectivity index (χ4v) is 1.10. The molecule has 1 aliphatic rings. The first-order valence-corrected chi connectivity index (χ1v) is 3.54. The molecule has 1 N–H and O–H groups in total. The van der Waals surface area contributed by atoms with Gasteiger partial charge in [-0.1, -0.05) is 6.92 Å². The Labute approximate surface area is 63.2 Å². The molecule has 0 aromatic rings. The number of aliphatic carboxylic acids is 1. The number of carboxylic acid groups (broad SMARTS) is 1. The predicted molar refractivity (Wildman–Crippen MR) is 34.5 cm³/mol. The van der Waals surface area contributed by atoms with Crippen molar-refractivity contribution in [2.75, 3.05) is 0 Å².